The molecule has 138 valence electrons. The zero-order chi connectivity index (χ0) is 18.5. The van der Waals surface area contributed by atoms with Crippen molar-refractivity contribution in [2.24, 2.45) is 0 Å². The van der Waals surface area contributed by atoms with Crippen LogP contribution >= 0.6 is 0 Å². The monoisotopic (exact) mass is 361 g/mol. The predicted octanol–water partition coefficient (Wildman–Crippen LogP) is 3.04. The number of aromatic amines is 1. The zero-order valence-electron chi connectivity index (χ0n) is 15.2. The Bertz CT molecular complexity index is 906. The van der Waals surface area contributed by atoms with Crippen LogP contribution in [0, 0.1) is 0 Å². The number of aryl methyl sites for hydroxylation is 1. The van der Waals surface area contributed by atoms with Gasteiger partial charge < -0.3 is 10.2 Å². The average molecular weight is 361 g/mol. The van der Waals surface area contributed by atoms with E-state index in [4.69, 9.17) is 0 Å². The lowest BCUT2D eigenvalue weighted by Gasteiger charge is -2.31. The molecule has 1 amide bonds. The molecule has 2 N–H and O–H groups in total. The molecule has 0 fully saturated rings. The number of para-hydroxylation sites is 1. The largest absolute Gasteiger partial charge is 0.371 e. The van der Waals surface area contributed by atoms with Crippen molar-refractivity contribution in [2.45, 2.75) is 19.3 Å². The van der Waals surface area contributed by atoms with E-state index in [1.807, 2.05) is 18.2 Å². The van der Waals surface area contributed by atoms with Crippen LogP contribution < -0.4 is 10.2 Å². The van der Waals surface area contributed by atoms with Gasteiger partial charge in [0.2, 0.25) is 0 Å². The Balaban J connectivity index is 1.28. The normalized spacial score (nSPS) is 13.3. The van der Waals surface area contributed by atoms with Gasteiger partial charge >= 0.3 is 0 Å². The highest BCUT2D eigenvalue weighted by Gasteiger charge is 2.16. The van der Waals surface area contributed by atoms with Crippen LogP contribution in [-0.4, -0.2) is 40.7 Å². The van der Waals surface area contributed by atoms with E-state index < -0.39 is 0 Å². The van der Waals surface area contributed by atoms with Gasteiger partial charge in [0, 0.05) is 31.5 Å². The molecule has 0 saturated heterocycles. The lowest BCUT2D eigenvalue weighted by Crippen LogP contribution is -2.33. The summed E-state index contributed by atoms with van der Waals surface area (Å²) in [6.45, 7) is 2.66. The summed E-state index contributed by atoms with van der Waals surface area (Å²) in [6.07, 6.45) is 4.96. The van der Waals surface area contributed by atoms with Crippen molar-refractivity contribution >= 4 is 11.6 Å². The minimum atomic E-state index is -0.135. The summed E-state index contributed by atoms with van der Waals surface area (Å²) in [5.41, 5.74) is 4.64. The summed E-state index contributed by atoms with van der Waals surface area (Å²) >= 11 is 0. The molecule has 1 aliphatic rings. The second kappa shape index (κ2) is 8.03. The van der Waals surface area contributed by atoms with Crippen LogP contribution in [0.25, 0.3) is 11.4 Å². The third-order valence-corrected chi connectivity index (χ3v) is 4.85. The molecule has 6 nitrogen and oxygen atoms in total. The first-order valence-corrected chi connectivity index (χ1v) is 9.39. The van der Waals surface area contributed by atoms with E-state index in [1.54, 1.807) is 12.3 Å². The molecule has 6 heteroatoms. The van der Waals surface area contributed by atoms with Gasteiger partial charge in [-0.2, -0.15) is 5.10 Å². The predicted molar refractivity (Wildman–Crippen MR) is 106 cm³/mol. The van der Waals surface area contributed by atoms with Gasteiger partial charge in [0.05, 0.1) is 5.69 Å². The second-order valence-corrected chi connectivity index (χ2v) is 6.71. The summed E-state index contributed by atoms with van der Waals surface area (Å²) in [6, 6.07) is 16.0. The molecule has 1 aliphatic heterocycles. The molecule has 0 radical (unpaired) electrons. The molecule has 2 aromatic heterocycles. The highest BCUT2D eigenvalue weighted by Crippen LogP contribution is 2.26. The Kier molecular flexibility index (Phi) is 5.14. The number of pyridine rings is 1. The first-order chi connectivity index (χ1) is 13.3. The van der Waals surface area contributed by atoms with Crippen LogP contribution in [0.15, 0.2) is 54.7 Å². The summed E-state index contributed by atoms with van der Waals surface area (Å²) < 4.78 is 0. The molecule has 0 bridgehead atoms. The topological polar surface area (TPSA) is 73.9 Å². The highest BCUT2D eigenvalue weighted by molar-refractivity contribution is 5.93. The van der Waals surface area contributed by atoms with Crippen LogP contribution in [0.1, 0.15) is 28.9 Å². The summed E-state index contributed by atoms with van der Waals surface area (Å²) in [5.74, 6) is -0.135. The second-order valence-electron chi connectivity index (χ2n) is 6.71. The third kappa shape index (κ3) is 4.00. The van der Waals surface area contributed by atoms with Crippen molar-refractivity contribution in [2.75, 3.05) is 24.5 Å². The number of nitrogens with zero attached hydrogens (tertiary/aromatic N) is 3. The molecule has 1 aromatic carbocycles. The van der Waals surface area contributed by atoms with Gasteiger partial charge in [-0.15, -0.1) is 0 Å². The number of H-pyrrole nitrogens is 1. The van der Waals surface area contributed by atoms with Gasteiger partial charge in [0.15, 0.2) is 0 Å². The van der Waals surface area contributed by atoms with E-state index in [9.17, 15) is 4.79 Å². The van der Waals surface area contributed by atoms with Crippen LogP contribution in [0.3, 0.4) is 0 Å². The lowest BCUT2D eigenvalue weighted by atomic mass is 10.0. The molecule has 4 rings (SSSR count). The van der Waals surface area contributed by atoms with Crippen molar-refractivity contribution in [3.05, 3.63) is 66.0 Å². The zero-order valence-corrected chi connectivity index (χ0v) is 15.2. The van der Waals surface area contributed by atoms with E-state index in [1.165, 1.54) is 17.7 Å². The fraction of sp³-hybridized carbons (Fsp3) is 0.286. The Morgan fingerprint density at radius 1 is 1.15 bits per heavy atom. The number of carbonyl (C=O) groups is 1. The number of rotatable bonds is 6. The van der Waals surface area contributed by atoms with E-state index in [0.717, 1.165) is 31.6 Å². The van der Waals surface area contributed by atoms with Gasteiger partial charge in [0.1, 0.15) is 11.4 Å². The minimum Gasteiger partial charge on any atom is -0.371 e. The average Bonchev–Trinajstić information content (AvgIpc) is 3.22. The first kappa shape index (κ1) is 17.3. The number of nitrogens with one attached hydrogen (secondary N) is 2. The molecule has 0 spiro atoms. The van der Waals surface area contributed by atoms with E-state index in [-0.39, 0.29) is 5.91 Å². The van der Waals surface area contributed by atoms with Crippen molar-refractivity contribution in [1.29, 1.82) is 0 Å². The van der Waals surface area contributed by atoms with E-state index in [0.29, 0.717) is 17.9 Å². The quantitative estimate of drug-likeness (QED) is 0.662. The molecule has 0 aliphatic carbocycles. The number of fused-ring (bicyclic) bond motifs is 1. The first-order valence-electron chi connectivity index (χ1n) is 9.39. The molecule has 0 unspecified atom stereocenters. The SMILES string of the molecule is O=C(NCCCN1CCCc2ccccc21)c1cc(-c2ccccn2)n[nH]1. The smallest absolute Gasteiger partial charge is 0.269 e. The molecule has 27 heavy (non-hydrogen) atoms. The highest BCUT2D eigenvalue weighted by atomic mass is 16.1. The molecular formula is C21H23N5O. The molecular weight excluding hydrogens is 338 g/mol. The number of aromatic nitrogens is 3. The van der Waals surface area contributed by atoms with Crippen LogP contribution in [0.5, 0.6) is 0 Å². The lowest BCUT2D eigenvalue weighted by molar-refractivity contribution is 0.0948. The summed E-state index contributed by atoms with van der Waals surface area (Å²) in [4.78, 5) is 19.0. The third-order valence-electron chi connectivity index (χ3n) is 4.85. The number of benzene rings is 1. The number of hydrogen-bond acceptors (Lipinski definition) is 4. The minimum absolute atomic E-state index is 0.135. The molecule has 0 atom stereocenters. The van der Waals surface area contributed by atoms with Crippen molar-refractivity contribution in [3.63, 3.8) is 0 Å². The Morgan fingerprint density at radius 3 is 2.93 bits per heavy atom. The van der Waals surface area contributed by atoms with Crippen molar-refractivity contribution in [3.8, 4) is 11.4 Å². The van der Waals surface area contributed by atoms with E-state index >= 15 is 0 Å². The van der Waals surface area contributed by atoms with Gasteiger partial charge in [-0.25, -0.2) is 0 Å². The Morgan fingerprint density at radius 2 is 2.04 bits per heavy atom. The summed E-state index contributed by atoms with van der Waals surface area (Å²) in [7, 11) is 0. The Labute approximate surface area is 158 Å². The number of carbonyl (C=O) groups excluding carboxylic acids is 1. The fourth-order valence-corrected chi connectivity index (χ4v) is 3.49. The number of hydrogen-bond donors (Lipinski definition) is 2. The maximum atomic E-state index is 12.3. The number of anilines is 1. The van der Waals surface area contributed by atoms with Gasteiger partial charge in [-0.05, 0) is 49.1 Å². The van der Waals surface area contributed by atoms with Crippen molar-refractivity contribution in [1.82, 2.24) is 20.5 Å². The summed E-state index contributed by atoms with van der Waals surface area (Å²) in [5, 5.41) is 9.94. The van der Waals surface area contributed by atoms with Gasteiger partial charge in [-0.3, -0.25) is 14.9 Å². The molecule has 3 heterocycles. The Hall–Kier alpha value is -3.15. The van der Waals surface area contributed by atoms with Crippen LogP contribution in [-0.2, 0) is 6.42 Å². The van der Waals surface area contributed by atoms with Crippen LogP contribution in [0.4, 0.5) is 5.69 Å². The van der Waals surface area contributed by atoms with Crippen molar-refractivity contribution < 1.29 is 4.79 Å². The van der Waals surface area contributed by atoms with Gasteiger partial charge in [0.25, 0.3) is 5.91 Å². The molecule has 0 saturated carbocycles. The maximum absolute atomic E-state index is 12.3. The standard InChI is InChI=1S/C21H23N5O/c27-21(19-15-18(24-25-19)17-9-3-4-11-22-17)23-12-6-14-26-13-5-8-16-7-1-2-10-20(16)26/h1-4,7,9-11,15H,5-6,8,12-14H2,(H,23,27)(H,24,25). The van der Waals surface area contributed by atoms with Gasteiger partial charge in [-0.1, -0.05) is 24.3 Å². The maximum Gasteiger partial charge on any atom is 0.269 e. The van der Waals surface area contributed by atoms with Crippen LogP contribution in [0.2, 0.25) is 0 Å². The van der Waals surface area contributed by atoms with E-state index in [2.05, 4.69) is 49.7 Å². The fourth-order valence-electron chi connectivity index (χ4n) is 3.49. The molecule has 3 aromatic rings. The number of amides is 1.